The second-order valence-electron chi connectivity index (χ2n) is 7.00. The van der Waals surface area contributed by atoms with Crippen molar-refractivity contribution in [3.8, 4) is 22.4 Å². The summed E-state index contributed by atoms with van der Waals surface area (Å²) in [7, 11) is 0. The predicted molar refractivity (Wildman–Crippen MR) is 130 cm³/mol. The highest BCUT2D eigenvalue weighted by atomic mass is 79.9. The summed E-state index contributed by atoms with van der Waals surface area (Å²) in [5, 5.41) is 13.5. The van der Waals surface area contributed by atoms with Gasteiger partial charge in [-0.3, -0.25) is 4.98 Å². The average Bonchev–Trinajstić information content (AvgIpc) is 3.50. The molecule has 0 aliphatic rings. The number of furan rings is 1. The Morgan fingerprint density at radius 3 is 2.58 bits per heavy atom. The summed E-state index contributed by atoms with van der Waals surface area (Å²) in [6.45, 7) is 1.97. The molecule has 0 atom stereocenters. The van der Waals surface area contributed by atoms with Crippen LogP contribution in [0.25, 0.3) is 28.2 Å². The quantitative estimate of drug-likeness (QED) is 0.318. The molecule has 3 N–H and O–H groups in total. The van der Waals surface area contributed by atoms with Crippen LogP contribution in [0.2, 0.25) is 0 Å². The van der Waals surface area contributed by atoms with Gasteiger partial charge in [0.1, 0.15) is 11.6 Å². The van der Waals surface area contributed by atoms with Gasteiger partial charge in [-0.05, 0) is 24.6 Å². The molecule has 4 aromatic rings. The van der Waals surface area contributed by atoms with E-state index >= 15 is 0 Å². The number of nitrogens with zero attached hydrogens (tertiary/aromatic N) is 4. The van der Waals surface area contributed by atoms with E-state index in [1.54, 1.807) is 12.4 Å². The number of aliphatic imine (C=N–C) groups is 1. The lowest BCUT2D eigenvalue weighted by molar-refractivity contribution is 0.0662. The van der Waals surface area contributed by atoms with Crippen molar-refractivity contribution in [2.75, 3.05) is 0 Å². The number of benzene rings is 1. The van der Waals surface area contributed by atoms with E-state index < -0.39 is 5.97 Å². The molecule has 33 heavy (non-hydrogen) atoms. The first-order valence-electron chi connectivity index (χ1n) is 10.1. The highest BCUT2D eigenvalue weighted by Crippen LogP contribution is 2.33. The number of allylic oxidation sites excluding steroid dienone is 1. The summed E-state index contributed by atoms with van der Waals surface area (Å²) in [5.41, 5.74) is 9.68. The topological polar surface area (TPSA) is 120 Å². The number of carboxylic acids is 1. The van der Waals surface area contributed by atoms with E-state index in [4.69, 9.17) is 15.3 Å². The Bertz CT molecular complexity index is 1340. The van der Waals surface area contributed by atoms with E-state index in [0.29, 0.717) is 29.4 Å². The van der Waals surface area contributed by atoms with Crippen molar-refractivity contribution in [3.63, 3.8) is 0 Å². The fraction of sp³-hybridized carbons (Fsp3) is 0.0833. The first kappa shape index (κ1) is 22.2. The number of hydrogen-bond acceptors (Lipinski definition) is 6. The SMILES string of the molecule is CC/C(Br)=C(/N)n1ncc(-c2ccc(-c3ccccc3)nc2)c1/N=C/c1ccc(C(=O)O)o1. The van der Waals surface area contributed by atoms with Gasteiger partial charge in [0, 0.05) is 27.4 Å². The van der Waals surface area contributed by atoms with Crippen molar-refractivity contribution in [3.05, 3.63) is 83.0 Å². The maximum atomic E-state index is 11.1. The molecule has 0 unspecified atom stereocenters. The molecule has 8 nitrogen and oxygen atoms in total. The number of hydrogen-bond donors (Lipinski definition) is 2. The summed E-state index contributed by atoms with van der Waals surface area (Å²) in [4.78, 5) is 20.2. The average molecular weight is 506 g/mol. The molecule has 1 aromatic carbocycles. The number of aromatic nitrogens is 3. The molecule has 0 aliphatic carbocycles. The smallest absolute Gasteiger partial charge is 0.371 e. The van der Waals surface area contributed by atoms with Crippen LogP contribution in [0.5, 0.6) is 0 Å². The second-order valence-corrected chi connectivity index (χ2v) is 7.96. The first-order valence-corrected chi connectivity index (χ1v) is 10.9. The number of carboxylic acid groups (broad SMARTS) is 1. The predicted octanol–water partition coefficient (Wildman–Crippen LogP) is 5.54. The lowest BCUT2D eigenvalue weighted by Crippen LogP contribution is -2.09. The van der Waals surface area contributed by atoms with Crippen LogP contribution in [-0.4, -0.2) is 32.1 Å². The third kappa shape index (κ3) is 4.78. The minimum Gasteiger partial charge on any atom is -0.475 e. The van der Waals surface area contributed by atoms with E-state index in [-0.39, 0.29) is 5.76 Å². The normalized spacial score (nSPS) is 12.2. The van der Waals surface area contributed by atoms with Crippen LogP contribution in [-0.2, 0) is 0 Å². The number of carbonyl (C=O) groups is 1. The fourth-order valence-electron chi connectivity index (χ4n) is 3.14. The molecule has 0 aliphatic heterocycles. The first-order chi connectivity index (χ1) is 16.0. The molecule has 0 bridgehead atoms. The standard InChI is InChI=1S/C24H20BrN5O3/c1-2-19(25)22(26)30-23(28-13-17-9-11-21(33-17)24(31)32)18(14-29-30)16-8-10-20(27-12-16)15-6-4-3-5-7-15/h3-14H,2,26H2,1H3,(H,31,32)/b22-19+,28-13+. The van der Waals surface area contributed by atoms with Crippen LogP contribution in [0, 0.1) is 0 Å². The number of aromatic carboxylic acids is 1. The van der Waals surface area contributed by atoms with E-state index in [2.05, 4.69) is 31.0 Å². The third-order valence-electron chi connectivity index (χ3n) is 4.86. The largest absolute Gasteiger partial charge is 0.475 e. The van der Waals surface area contributed by atoms with Gasteiger partial charge >= 0.3 is 5.97 Å². The zero-order valence-electron chi connectivity index (χ0n) is 17.6. The zero-order chi connectivity index (χ0) is 23.4. The molecule has 0 saturated carbocycles. The van der Waals surface area contributed by atoms with Crippen molar-refractivity contribution >= 4 is 39.8 Å². The molecule has 0 fully saturated rings. The van der Waals surface area contributed by atoms with E-state index in [0.717, 1.165) is 21.3 Å². The van der Waals surface area contributed by atoms with E-state index in [1.165, 1.54) is 23.0 Å². The lowest BCUT2D eigenvalue weighted by atomic mass is 10.1. The van der Waals surface area contributed by atoms with Gasteiger partial charge < -0.3 is 15.3 Å². The number of rotatable bonds is 7. The minimum atomic E-state index is -1.15. The van der Waals surface area contributed by atoms with Gasteiger partial charge in [0.05, 0.1) is 18.1 Å². The molecular weight excluding hydrogens is 486 g/mol. The number of pyridine rings is 1. The maximum absolute atomic E-state index is 11.1. The Hall–Kier alpha value is -3.98. The van der Waals surface area contributed by atoms with Gasteiger partial charge in [-0.25, -0.2) is 9.79 Å². The van der Waals surface area contributed by atoms with Crippen molar-refractivity contribution in [2.24, 2.45) is 10.7 Å². The van der Waals surface area contributed by atoms with Crippen LogP contribution in [0.3, 0.4) is 0 Å². The van der Waals surface area contributed by atoms with E-state index in [1.807, 2.05) is 49.4 Å². The lowest BCUT2D eigenvalue weighted by Gasteiger charge is -2.08. The van der Waals surface area contributed by atoms with Crippen molar-refractivity contribution in [1.82, 2.24) is 14.8 Å². The Morgan fingerprint density at radius 2 is 1.94 bits per heavy atom. The van der Waals surface area contributed by atoms with Crippen LogP contribution in [0.4, 0.5) is 5.82 Å². The highest BCUT2D eigenvalue weighted by Gasteiger charge is 2.16. The molecule has 3 heterocycles. The highest BCUT2D eigenvalue weighted by molar-refractivity contribution is 9.11. The van der Waals surface area contributed by atoms with Gasteiger partial charge in [-0.2, -0.15) is 9.78 Å². The van der Waals surface area contributed by atoms with Gasteiger partial charge in [0.15, 0.2) is 5.82 Å². The van der Waals surface area contributed by atoms with Gasteiger partial charge in [0.2, 0.25) is 5.76 Å². The van der Waals surface area contributed by atoms with Crippen molar-refractivity contribution < 1.29 is 14.3 Å². The van der Waals surface area contributed by atoms with Crippen LogP contribution >= 0.6 is 15.9 Å². The van der Waals surface area contributed by atoms with Crippen LogP contribution in [0.1, 0.15) is 29.7 Å². The molecule has 9 heteroatoms. The minimum absolute atomic E-state index is 0.168. The molecule has 0 spiro atoms. The summed E-state index contributed by atoms with van der Waals surface area (Å²) < 4.78 is 7.57. The van der Waals surface area contributed by atoms with Gasteiger partial charge in [-0.15, -0.1) is 0 Å². The van der Waals surface area contributed by atoms with Crippen molar-refractivity contribution in [1.29, 1.82) is 0 Å². The van der Waals surface area contributed by atoms with Crippen LogP contribution in [0.15, 0.2) is 80.9 Å². The maximum Gasteiger partial charge on any atom is 0.371 e. The van der Waals surface area contributed by atoms with Crippen LogP contribution < -0.4 is 5.73 Å². The summed E-state index contributed by atoms with van der Waals surface area (Å²) >= 11 is 3.48. The number of halogens is 1. The molecule has 166 valence electrons. The fourth-order valence-corrected chi connectivity index (χ4v) is 3.30. The van der Waals surface area contributed by atoms with Crippen molar-refractivity contribution in [2.45, 2.75) is 13.3 Å². The monoisotopic (exact) mass is 505 g/mol. The Kier molecular flexibility index (Phi) is 6.50. The Labute approximate surface area is 198 Å². The van der Waals surface area contributed by atoms with E-state index in [9.17, 15) is 4.79 Å². The molecule has 0 amide bonds. The summed E-state index contributed by atoms with van der Waals surface area (Å²) in [5.74, 6) is -0.167. The summed E-state index contributed by atoms with van der Waals surface area (Å²) in [6.07, 6.45) is 5.53. The summed E-state index contributed by atoms with van der Waals surface area (Å²) in [6, 6.07) is 16.7. The Morgan fingerprint density at radius 1 is 1.15 bits per heavy atom. The Balaban J connectivity index is 1.75. The molecule has 4 rings (SSSR count). The second kappa shape index (κ2) is 9.66. The number of nitrogens with two attached hydrogens (primary N) is 1. The molecular formula is C24H20BrN5O3. The third-order valence-corrected chi connectivity index (χ3v) is 5.82. The zero-order valence-corrected chi connectivity index (χ0v) is 19.2. The van der Waals surface area contributed by atoms with Gasteiger partial charge in [-0.1, -0.05) is 59.3 Å². The van der Waals surface area contributed by atoms with Gasteiger partial charge in [0.25, 0.3) is 0 Å². The molecule has 0 saturated heterocycles. The molecule has 0 radical (unpaired) electrons. The molecule has 3 aromatic heterocycles.